The first kappa shape index (κ1) is 12.1. The van der Waals surface area contributed by atoms with Gasteiger partial charge in [-0.15, -0.1) is 16.9 Å². The van der Waals surface area contributed by atoms with Crippen molar-refractivity contribution in [3.63, 3.8) is 0 Å². The summed E-state index contributed by atoms with van der Waals surface area (Å²) >= 11 is 1.39. The topological polar surface area (TPSA) is 63.8 Å². The van der Waals surface area contributed by atoms with Crippen LogP contribution < -0.4 is 11.3 Å². The summed E-state index contributed by atoms with van der Waals surface area (Å²) in [6.45, 7) is 6.01. The van der Waals surface area contributed by atoms with Gasteiger partial charge in [-0.25, -0.2) is 0 Å². The van der Waals surface area contributed by atoms with Crippen LogP contribution in [-0.4, -0.2) is 9.59 Å². The first-order chi connectivity index (χ1) is 7.20. The van der Waals surface area contributed by atoms with Crippen LogP contribution in [0.4, 0.5) is 0 Å². The van der Waals surface area contributed by atoms with E-state index in [1.54, 1.807) is 0 Å². The van der Waals surface area contributed by atoms with Crippen LogP contribution in [0.1, 0.15) is 49.7 Å². The highest BCUT2D eigenvalue weighted by molar-refractivity contribution is 7.05. The van der Waals surface area contributed by atoms with E-state index in [9.17, 15) is 0 Å². The van der Waals surface area contributed by atoms with E-state index in [1.807, 2.05) is 6.92 Å². The van der Waals surface area contributed by atoms with Gasteiger partial charge in [0, 0.05) is 6.42 Å². The van der Waals surface area contributed by atoms with Crippen LogP contribution in [0.25, 0.3) is 0 Å². The molecule has 0 amide bonds. The first-order valence-corrected chi connectivity index (χ1v) is 5.65. The Kier molecular flexibility index (Phi) is 4.69. The minimum atomic E-state index is 0.0369. The summed E-state index contributed by atoms with van der Waals surface area (Å²) in [6.07, 6.45) is 0.691. The molecule has 3 N–H and O–H groups in total. The Morgan fingerprint density at radius 1 is 1.53 bits per heavy atom. The van der Waals surface area contributed by atoms with Gasteiger partial charge in [-0.05, 0) is 24.4 Å². The second-order valence-electron chi connectivity index (χ2n) is 3.53. The number of nitrogens with two attached hydrogens (primary N) is 1. The summed E-state index contributed by atoms with van der Waals surface area (Å²) in [6, 6.07) is 0.0369. The molecule has 82 valence electrons. The number of hydrazine groups is 1. The van der Waals surface area contributed by atoms with E-state index in [0.717, 1.165) is 10.6 Å². The van der Waals surface area contributed by atoms with Crippen LogP contribution in [0.2, 0.25) is 0 Å². The maximum Gasteiger partial charge on any atom is 0.0829 e. The van der Waals surface area contributed by atoms with Gasteiger partial charge in [0.15, 0.2) is 0 Å². The molecule has 0 aliphatic rings. The van der Waals surface area contributed by atoms with Gasteiger partial charge in [-0.2, -0.15) is 0 Å². The predicted molar refractivity (Wildman–Crippen MR) is 62.1 cm³/mol. The van der Waals surface area contributed by atoms with Gasteiger partial charge in [-0.3, -0.25) is 11.3 Å². The second kappa shape index (κ2) is 5.81. The van der Waals surface area contributed by atoms with Gasteiger partial charge in [-0.1, -0.05) is 18.3 Å². The van der Waals surface area contributed by atoms with Crippen LogP contribution in [0.15, 0.2) is 0 Å². The SMILES string of the molecule is CC#CCC(NN)c1snnc1C(C)C. The van der Waals surface area contributed by atoms with Crippen molar-refractivity contribution >= 4 is 11.5 Å². The highest BCUT2D eigenvalue weighted by Gasteiger charge is 2.19. The number of nitrogens with zero attached hydrogens (tertiary/aromatic N) is 2. The third-order valence-corrected chi connectivity index (χ3v) is 2.94. The fourth-order valence-corrected chi connectivity index (χ4v) is 2.14. The van der Waals surface area contributed by atoms with Gasteiger partial charge >= 0.3 is 0 Å². The number of aromatic nitrogens is 2. The van der Waals surface area contributed by atoms with E-state index in [4.69, 9.17) is 5.84 Å². The standard InChI is InChI=1S/C10H16N4S/c1-4-5-6-8(12-11)10-9(7(2)3)13-14-15-10/h7-8,12H,6,11H2,1-3H3. The largest absolute Gasteiger partial charge is 0.271 e. The predicted octanol–water partition coefficient (Wildman–Crippen LogP) is 1.58. The third kappa shape index (κ3) is 2.99. The van der Waals surface area contributed by atoms with Crippen LogP contribution in [-0.2, 0) is 0 Å². The smallest absolute Gasteiger partial charge is 0.0829 e. The summed E-state index contributed by atoms with van der Waals surface area (Å²) < 4.78 is 3.97. The molecule has 0 saturated carbocycles. The van der Waals surface area contributed by atoms with E-state index >= 15 is 0 Å². The van der Waals surface area contributed by atoms with E-state index < -0.39 is 0 Å². The van der Waals surface area contributed by atoms with E-state index in [-0.39, 0.29) is 6.04 Å². The Hall–Kier alpha value is -0.960. The van der Waals surface area contributed by atoms with E-state index in [1.165, 1.54) is 11.5 Å². The molecular formula is C10H16N4S. The van der Waals surface area contributed by atoms with Crippen LogP contribution >= 0.6 is 11.5 Å². The Balaban J connectivity index is 2.89. The minimum absolute atomic E-state index is 0.0369. The normalized spacial score (nSPS) is 12.3. The summed E-state index contributed by atoms with van der Waals surface area (Å²) in [4.78, 5) is 1.09. The molecule has 1 heterocycles. The molecule has 0 bridgehead atoms. The number of rotatable bonds is 4. The zero-order chi connectivity index (χ0) is 11.3. The lowest BCUT2D eigenvalue weighted by atomic mass is 10.0. The molecule has 0 fully saturated rings. The molecule has 1 rings (SSSR count). The molecular weight excluding hydrogens is 208 g/mol. The maximum atomic E-state index is 5.51. The van der Waals surface area contributed by atoms with Crippen molar-refractivity contribution in [1.29, 1.82) is 0 Å². The molecule has 5 heteroatoms. The summed E-state index contributed by atoms with van der Waals surface area (Å²) in [5.74, 6) is 11.7. The molecule has 0 aliphatic carbocycles. The van der Waals surface area contributed by atoms with Gasteiger partial charge < -0.3 is 0 Å². The van der Waals surface area contributed by atoms with Gasteiger partial charge in [0.25, 0.3) is 0 Å². The molecule has 0 saturated heterocycles. The monoisotopic (exact) mass is 224 g/mol. The fraction of sp³-hybridized carbons (Fsp3) is 0.600. The van der Waals surface area contributed by atoms with E-state index in [2.05, 4.69) is 40.7 Å². The molecule has 15 heavy (non-hydrogen) atoms. The van der Waals surface area contributed by atoms with Crippen molar-refractivity contribution in [2.45, 2.75) is 39.2 Å². The molecule has 4 nitrogen and oxygen atoms in total. The maximum absolute atomic E-state index is 5.51. The highest BCUT2D eigenvalue weighted by Crippen LogP contribution is 2.27. The molecule has 1 aromatic heterocycles. The van der Waals surface area contributed by atoms with Crippen molar-refractivity contribution in [3.8, 4) is 11.8 Å². The Labute approximate surface area is 94.4 Å². The first-order valence-electron chi connectivity index (χ1n) is 4.88. The van der Waals surface area contributed by atoms with E-state index in [0.29, 0.717) is 12.3 Å². The molecule has 0 aliphatic heterocycles. The molecule has 0 radical (unpaired) electrons. The number of hydrogen-bond acceptors (Lipinski definition) is 5. The van der Waals surface area contributed by atoms with Gasteiger partial charge in [0.2, 0.25) is 0 Å². The van der Waals surface area contributed by atoms with Crippen molar-refractivity contribution < 1.29 is 0 Å². The average molecular weight is 224 g/mol. The fourth-order valence-electron chi connectivity index (χ4n) is 1.28. The average Bonchev–Trinajstić information content (AvgIpc) is 2.68. The molecule has 0 spiro atoms. The van der Waals surface area contributed by atoms with Crippen LogP contribution in [0.3, 0.4) is 0 Å². The zero-order valence-corrected chi connectivity index (χ0v) is 10.1. The Morgan fingerprint density at radius 2 is 2.27 bits per heavy atom. The van der Waals surface area contributed by atoms with Crippen molar-refractivity contribution in [2.24, 2.45) is 5.84 Å². The summed E-state index contributed by atoms with van der Waals surface area (Å²) in [7, 11) is 0. The molecule has 1 aromatic rings. The minimum Gasteiger partial charge on any atom is -0.271 e. The highest BCUT2D eigenvalue weighted by atomic mass is 32.1. The lowest BCUT2D eigenvalue weighted by Crippen LogP contribution is -2.27. The lowest BCUT2D eigenvalue weighted by molar-refractivity contribution is 0.566. The number of hydrogen-bond donors (Lipinski definition) is 2. The van der Waals surface area contributed by atoms with Crippen molar-refractivity contribution in [2.75, 3.05) is 0 Å². The van der Waals surface area contributed by atoms with Gasteiger partial charge in [0.05, 0.1) is 16.6 Å². The van der Waals surface area contributed by atoms with Crippen LogP contribution in [0.5, 0.6) is 0 Å². The van der Waals surface area contributed by atoms with Crippen LogP contribution in [0, 0.1) is 11.8 Å². The van der Waals surface area contributed by atoms with Gasteiger partial charge in [0.1, 0.15) is 0 Å². The Morgan fingerprint density at radius 3 is 2.80 bits per heavy atom. The summed E-state index contributed by atoms with van der Waals surface area (Å²) in [5, 5.41) is 4.12. The molecule has 1 atom stereocenters. The molecule has 1 unspecified atom stereocenters. The van der Waals surface area contributed by atoms with Crippen molar-refractivity contribution in [1.82, 2.24) is 15.0 Å². The Bertz CT molecular complexity index is 361. The van der Waals surface area contributed by atoms with Crippen molar-refractivity contribution in [3.05, 3.63) is 10.6 Å². The second-order valence-corrected chi connectivity index (χ2v) is 4.31. The quantitative estimate of drug-likeness (QED) is 0.463. The number of nitrogens with one attached hydrogen (secondary N) is 1. The summed E-state index contributed by atoms with van der Waals surface area (Å²) in [5.41, 5.74) is 3.78. The third-order valence-electron chi connectivity index (χ3n) is 2.09. The lowest BCUT2D eigenvalue weighted by Gasteiger charge is -2.12. The molecule has 0 aromatic carbocycles. The zero-order valence-electron chi connectivity index (χ0n) is 9.24.